The van der Waals surface area contributed by atoms with Crippen molar-refractivity contribution in [1.82, 2.24) is 10.6 Å². The molecule has 6 nitrogen and oxygen atoms in total. The molecule has 0 spiro atoms. The van der Waals surface area contributed by atoms with Gasteiger partial charge in [0, 0.05) is 29.8 Å². The van der Waals surface area contributed by atoms with Gasteiger partial charge in [0.15, 0.2) is 0 Å². The molecule has 0 saturated heterocycles. The van der Waals surface area contributed by atoms with Crippen LogP contribution in [0.1, 0.15) is 44.7 Å². The van der Waals surface area contributed by atoms with Crippen LogP contribution in [0.15, 0.2) is 54.6 Å². The number of carbonyl (C=O) groups is 3. The molecule has 27 heavy (non-hydrogen) atoms. The number of benzene rings is 2. The second-order valence-electron chi connectivity index (χ2n) is 6.49. The minimum absolute atomic E-state index is 0.0658. The third-order valence-electron chi connectivity index (χ3n) is 4.19. The molecule has 0 radical (unpaired) electrons. The Hall–Kier alpha value is -3.41. The molecule has 0 unspecified atom stereocenters. The highest BCUT2D eigenvalue weighted by Crippen LogP contribution is 2.19. The fourth-order valence-corrected chi connectivity index (χ4v) is 2.50. The zero-order chi connectivity index (χ0) is 19.2. The Morgan fingerprint density at radius 2 is 1.78 bits per heavy atom. The molecule has 1 saturated carbocycles. The highest BCUT2D eigenvalue weighted by molar-refractivity contribution is 5.95. The minimum Gasteiger partial charge on any atom is -0.366 e. The predicted octanol–water partition coefficient (Wildman–Crippen LogP) is 2.01. The van der Waals surface area contributed by atoms with Gasteiger partial charge in [-0.1, -0.05) is 24.3 Å². The van der Waals surface area contributed by atoms with E-state index in [-0.39, 0.29) is 11.8 Å². The standard InChI is InChI=1S/C21H21N3O3/c22-20(26)17-3-1-2-15(12-17)13-23-19(25)11-6-14-4-7-16(8-5-14)21(27)24-18-9-10-18/h1-8,11-12,18H,9-10,13H2,(H2,22,26)(H,23,25)(H,24,27)/b11-6+. The van der Waals surface area contributed by atoms with Crippen LogP contribution in [0.25, 0.3) is 6.08 Å². The van der Waals surface area contributed by atoms with Crippen molar-refractivity contribution in [2.45, 2.75) is 25.4 Å². The van der Waals surface area contributed by atoms with Crippen LogP contribution in [0.5, 0.6) is 0 Å². The summed E-state index contributed by atoms with van der Waals surface area (Å²) < 4.78 is 0. The van der Waals surface area contributed by atoms with E-state index in [1.807, 2.05) is 6.07 Å². The first-order valence-corrected chi connectivity index (χ1v) is 8.77. The van der Waals surface area contributed by atoms with Gasteiger partial charge in [-0.2, -0.15) is 0 Å². The molecule has 0 aliphatic heterocycles. The Bertz CT molecular complexity index is 884. The molecule has 1 fully saturated rings. The van der Waals surface area contributed by atoms with E-state index in [1.54, 1.807) is 48.5 Å². The van der Waals surface area contributed by atoms with Gasteiger partial charge in [-0.3, -0.25) is 14.4 Å². The average molecular weight is 363 g/mol. The third-order valence-corrected chi connectivity index (χ3v) is 4.19. The topological polar surface area (TPSA) is 101 Å². The highest BCUT2D eigenvalue weighted by atomic mass is 16.2. The molecule has 0 bridgehead atoms. The summed E-state index contributed by atoms with van der Waals surface area (Å²) >= 11 is 0. The van der Waals surface area contributed by atoms with Crippen LogP contribution in [0, 0.1) is 0 Å². The fraction of sp³-hybridized carbons (Fsp3) is 0.190. The summed E-state index contributed by atoms with van der Waals surface area (Å²) in [6.07, 6.45) is 5.21. The molecule has 2 aromatic rings. The average Bonchev–Trinajstić information content (AvgIpc) is 3.49. The lowest BCUT2D eigenvalue weighted by atomic mass is 10.1. The second-order valence-corrected chi connectivity index (χ2v) is 6.49. The fourth-order valence-electron chi connectivity index (χ4n) is 2.50. The van der Waals surface area contributed by atoms with Gasteiger partial charge in [0.1, 0.15) is 0 Å². The maximum absolute atomic E-state index is 12.0. The molecule has 2 aromatic carbocycles. The quantitative estimate of drug-likeness (QED) is 0.656. The number of carbonyl (C=O) groups excluding carboxylic acids is 3. The summed E-state index contributed by atoms with van der Waals surface area (Å²) in [6, 6.07) is 14.2. The van der Waals surface area contributed by atoms with Crippen molar-refractivity contribution in [1.29, 1.82) is 0 Å². The first-order chi connectivity index (χ1) is 13.0. The van der Waals surface area contributed by atoms with E-state index >= 15 is 0 Å². The van der Waals surface area contributed by atoms with Crippen molar-refractivity contribution < 1.29 is 14.4 Å². The summed E-state index contributed by atoms with van der Waals surface area (Å²) in [5.41, 5.74) is 7.87. The minimum atomic E-state index is -0.502. The van der Waals surface area contributed by atoms with E-state index in [4.69, 9.17) is 5.73 Å². The van der Waals surface area contributed by atoms with E-state index in [0.717, 1.165) is 24.0 Å². The Morgan fingerprint density at radius 1 is 1.04 bits per heavy atom. The third kappa shape index (κ3) is 5.54. The zero-order valence-electron chi connectivity index (χ0n) is 14.8. The molecular weight excluding hydrogens is 342 g/mol. The number of nitrogens with two attached hydrogens (primary N) is 1. The number of hydrogen-bond donors (Lipinski definition) is 3. The van der Waals surface area contributed by atoms with Crippen LogP contribution in [0.4, 0.5) is 0 Å². The molecule has 0 atom stereocenters. The number of hydrogen-bond acceptors (Lipinski definition) is 3. The van der Waals surface area contributed by atoms with Gasteiger partial charge >= 0.3 is 0 Å². The van der Waals surface area contributed by atoms with E-state index in [1.165, 1.54) is 6.08 Å². The van der Waals surface area contributed by atoms with Crippen LogP contribution < -0.4 is 16.4 Å². The Labute approximate surface area is 157 Å². The van der Waals surface area contributed by atoms with Gasteiger partial charge in [-0.05, 0) is 54.3 Å². The van der Waals surface area contributed by atoms with E-state index < -0.39 is 5.91 Å². The number of primary amides is 1. The molecule has 6 heteroatoms. The number of rotatable bonds is 7. The Morgan fingerprint density at radius 3 is 2.44 bits per heavy atom. The van der Waals surface area contributed by atoms with Crippen molar-refractivity contribution in [3.8, 4) is 0 Å². The smallest absolute Gasteiger partial charge is 0.251 e. The van der Waals surface area contributed by atoms with Gasteiger partial charge in [-0.15, -0.1) is 0 Å². The normalized spacial score (nSPS) is 13.3. The monoisotopic (exact) mass is 363 g/mol. The lowest BCUT2D eigenvalue weighted by Gasteiger charge is -2.04. The van der Waals surface area contributed by atoms with Crippen LogP contribution >= 0.6 is 0 Å². The number of amides is 3. The van der Waals surface area contributed by atoms with Gasteiger partial charge in [0.05, 0.1) is 0 Å². The number of nitrogens with one attached hydrogen (secondary N) is 2. The molecule has 3 amide bonds. The van der Waals surface area contributed by atoms with Crippen LogP contribution in [-0.4, -0.2) is 23.8 Å². The zero-order valence-corrected chi connectivity index (χ0v) is 14.8. The molecule has 4 N–H and O–H groups in total. The second kappa shape index (κ2) is 8.31. The first-order valence-electron chi connectivity index (χ1n) is 8.77. The van der Waals surface area contributed by atoms with Crippen molar-refractivity contribution in [3.05, 3.63) is 76.9 Å². The molecule has 0 aromatic heterocycles. The van der Waals surface area contributed by atoms with Crippen molar-refractivity contribution in [2.75, 3.05) is 0 Å². The molecule has 1 aliphatic rings. The van der Waals surface area contributed by atoms with E-state index in [0.29, 0.717) is 23.7 Å². The molecule has 0 heterocycles. The Kier molecular flexibility index (Phi) is 5.66. The summed E-state index contributed by atoms with van der Waals surface area (Å²) in [7, 11) is 0. The van der Waals surface area contributed by atoms with Gasteiger partial charge in [0.25, 0.3) is 5.91 Å². The lowest BCUT2D eigenvalue weighted by molar-refractivity contribution is -0.116. The Balaban J connectivity index is 1.51. The SMILES string of the molecule is NC(=O)c1cccc(CNC(=O)/C=C/c2ccc(C(=O)NC3CC3)cc2)c1. The van der Waals surface area contributed by atoms with Gasteiger partial charge in [-0.25, -0.2) is 0 Å². The molecule has 138 valence electrons. The van der Waals surface area contributed by atoms with Crippen LogP contribution in [0.3, 0.4) is 0 Å². The van der Waals surface area contributed by atoms with Crippen LogP contribution in [-0.2, 0) is 11.3 Å². The lowest BCUT2D eigenvalue weighted by Crippen LogP contribution is -2.25. The largest absolute Gasteiger partial charge is 0.366 e. The maximum Gasteiger partial charge on any atom is 0.251 e. The van der Waals surface area contributed by atoms with Crippen molar-refractivity contribution in [2.24, 2.45) is 5.73 Å². The van der Waals surface area contributed by atoms with E-state index in [9.17, 15) is 14.4 Å². The van der Waals surface area contributed by atoms with Crippen molar-refractivity contribution >= 4 is 23.8 Å². The van der Waals surface area contributed by atoms with Gasteiger partial charge < -0.3 is 16.4 Å². The van der Waals surface area contributed by atoms with E-state index in [2.05, 4.69) is 10.6 Å². The molecular formula is C21H21N3O3. The maximum atomic E-state index is 12.0. The summed E-state index contributed by atoms with van der Waals surface area (Å²) in [5.74, 6) is -0.823. The summed E-state index contributed by atoms with van der Waals surface area (Å²) in [6.45, 7) is 0.296. The molecule has 3 rings (SSSR count). The first kappa shape index (κ1) is 18.4. The van der Waals surface area contributed by atoms with Crippen LogP contribution in [0.2, 0.25) is 0 Å². The van der Waals surface area contributed by atoms with Gasteiger partial charge in [0.2, 0.25) is 11.8 Å². The summed E-state index contributed by atoms with van der Waals surface area (Å²) in [5, 5.41) is 5.68. The highest BCUT2D eigenvalue weighted by Gasteiger charge is 2.23. The summed E-state index contributed by atoms with van der Waals surface area (Å²) in [4.78, 5) is 35.1. The predicted molar refractivity (Wildman–Crippen MR) is 103 cm³/mol. The molecule has 1 aliphatic carbocycles. The van der Waals surface area contributed by atoms with Crippen molar-refractivity contribution in [3.63, 3.8) is 0 Å².